The maximum atomic E-state index is 14.4. The van der Waals surface area contributed by atoms with E-state index in [1.54, 1.807) is 17.0 Å². The molecule has 11 nitrogen and oxygen atoms in total. The number of primary amides is 1. The van der Waals surface area contributed by atoms with Crippen LogP contribution in [0.15, 0.2) is 24.3 Å². The lowest BCUT2D eigenvalue weighted by molar-refractivity contribution is -0.145. The molecule has 5 amide bonds. The number of urea groups is 1. The summed E-state index contributed by atoms with van der Waals surface area (Å²) in [6.45, 7) is 10.2. The Labute approximate surface area is 271 Å². The first-order valence-electron chi connectivity index (χ1n) is 16.8. The molecule has 0 aromatic heterocycles. The molecule has 0 bridgehead atoms. The number of hydrogen-bond acceptors (Lipinski definition) is 6. The highest BCUT2D eigenvalue weighted by atomic mass is 16.3. The van der Waals surface area contributed by atoms with Crippen molar-refractivity contribution >= 4 is 29.5 Å². The average Bonchev–Trinajstić information content (AvgIpc) is 3.83. The molecule has 252 valence electrons. The largest absolute Gasteiger partial charge is 0.508 e. The minimum Gasteiger partial charge on any atom is -0.508 e. The third-order valence-electron chi connectivity index (χ3n) is 11.0. The number of hydrogen-bond donors (Lipinski definition) is 5. The van der Waals surface area contributed by atoms with E-state index in [4.69, 9.17) is 5.73 Å². The maximum Gasteiger partial charge on any atom is 0.315 e. The number of phenols is 1. The van der Waals surface area contributed by atoms with Gasteiger partial charge in [0.25, 0.3) is 5.91 Å². The van der Waals surface area contributed by atoms with Gasteiger partial charge in [0, 0.05) is 12.1 Å². The summed E-state index contributed by atoms with van der Waals surface area (Å²) in [6, 6.07) is 3.82. The third-order valence-corrected chi connectivity index (χ3v) is 11.0. The zero-order valence-corrected chi connectivity index (χ0v) is 27.9. The summed E-state index contributed by atoms with van der Waals surface area (Å²) in [5.74, 6) is -2.27. The van der Waals surface area contributed by atoms with Gasteiger partial charge in [0.15, 0.2) is 0 Å². The first-order chi connectivity index (χ1) is 21.5. The van der Waals surface area contributed by atoms with Gasteiger partial charge in [-0.05, 0) is 72.0 Å². The van der Waals surface area contributed by atoms with Gasteiger partial charge in [-0.25, -0.2) is 4.79 Å². The van der Waals surface area contributed by atoms with E-state index in [1.807, 2.05) is 32.9 Å². The number of carbonyl (C=O) groups is 5. The van der Waals surface area contributed by atoms with Crippen LogP contribution in [0.3, 0.4) is 0 Å². The van der Waals surface area contributed by atoms with Crippen molar-refractivity contribution in [2.45, 2.75) is 116 Å². The van der Waals surface area contributed by atoms with E-state index in [1.165, 1.54) is 0 Å². The Morgan fingerprint density at radius 3 is 2.20 bits per heavy atom. The molecule has 4 aliphatic rings. The molecule has 1 saturated heterocycles. The Balaban J connectivity index is 1.33. The predicted molar refractivity (Wildman–Crippen MR) is 172 cm³/mol. The molecule has 3 saturated carbocycles. The fourth-order valence-corrected chi connectivity index (χ4v) is 7.96. The number of Topliss-reactive ketones (excluding diaryl/α,β-unsaturated/α-hetero) is 1. The molecule has 5 atom stereocenters. The van der Waals surface area contributed by atoms with Crippen LogP contribution in [-0.2, 0) is 25.6 Å². The molecule has 5 rings (SSSR count). The SMILES string of the molecule is CC(C)(C)[C@H](NC(=O)NC1(Cc2ccc(O)cc2)CCCCC1)C(=O)N1C[C@H]2[C@@H]([C@H]1C(=O)NC(CC1CC1)C(=O)C(N)=O)C2(C)C. The summed E-state index contributed by atoms with van der Waals surface area (Å²) in [6.07, 6.45) is 7.46. The molecule has 1 unspecified atom stereocenters. The van der Waals surface area contributed by atoms with Gasteiger partial charge in [-0.3, -0.25) is 19.2 Å². The van der Waals surface area contributed by atoms with Crippen LogP contribution in [0, 0.1) is 28.6 Å². The van der Waals surface area contributed by atoms with E-state index in [-0.39, 0.29) is 34.8 Å². The van der Waals surface area contributed by atoms with Gasteiger partial charge in [0.05, 0.1) is 6.04 Å². The molecule has 11 heteroatoms. The number of fused-ring (bicyclic) bond motifs is 1. The van der Waals surface area contributed by atoms with Crippen LogP contribution in [0.25, 0.3) is 0 Å². The van der Waals surface area contributed by atoms with Gasteiger partial charge in [0.2, 0.25) is 17.6 Å². The van der Waals surface area contributed by atoms with Gasteiger partial charge < -0.3 is 31.7 Å². The molecule has 1 aromatic rings. The van der Waals surface area contributed by atoms with Gasteiger partial charge in [-0.2, -0.15) is 0 Å². The molecule has 1 heterocycles. The molecule has 4 fully saturated rings. The number of rotatable bonds is 11. The number of benzene rings is 1. The van der Waals surface area contributed by atoms with Crippen LogP contribution < -0.4 is 21.7 Å². The van der Waals surface area contributed by atoms with Crippen molar-refractivity contribution in [2.75, 3.05) is 6.54 Å². The highest BCUT2D eigenvalue weighted by Crippen LogP contribution is 2.65. The van der Waals surface area contributed by atoms with E-state index in [2.05, 4.69) is 29.8 Å². The van der Waals surface area contributed by atoms with Gasteiger partial charge in [-0.15, -0.1) is 0 Å². The molecule has 1 aliphatic heterocycles. The van der Waals surface area contributed by atoms with Crippen LogP contribution in [0.1, 0.15) is 91.5 Å². The van der Waals surface area contributed by atoms with E-state index in [9.17, 15) is 29.1 Å². The lowest BCUT2D eigenvalue weighted by atomic mass is 9.77. The average molecular weight is 638 g/mol. The Bertz CT molecular complexity index is 1360. The zero-order chi connectivity index (χ0) is 33.6. The van der Waals surface area contributed by atoms with Crippen molar-refractivity contribution in [3.05, 3.63) is 29.8 Å². The van der Waals surface area contributed by atoms with E-state index >= 15 is 0 Å². The van der Waals surface area contributed by atoms with Crippen molar-refractivity contribution in [2.24, 2.45) is 34.3 Å². The molecule has 1 aromatic carbocycles. The number of carbonyl (C=O) groups excluding carboxylic acids is 5. The Hall–Kier alpha value is -3.63. The number of likely N-dealkylation sites (tertiary alicyclic amines) is 1. The van der Waals surface area contributed by atoms with Gasteiger partial charge in [0.1, 0.15) is 17.8 Å². The topological polar surface area (TPSA) is 171 Å². The van der Waals surface area contributed by atoms with Crippen LogP contribution in [-0.4, -0.2) is 69.8 Å². The number of aromatic hydroxyl groups is 1. The predicted octanol–water partition coefficient (Wildman–Crippen LogP) is 3.17. The van der Waals surface area contributed by atoms with E-state index < -0.39 is 52.7 Å². The Kier molecular flexibility index (Phi) is 9.18. The van der Waals surface area contributed by atoms with Crippen molar-refractivity contribution in [3.8, 4) is 5.75 Å². The molecule has 0 radical (unpaired) electrons. The first-order valence-corrected chi connectivity index (χ1v) is 16.8. The summed E-state index contributed by atoms with van der Waals surface area (Å²) < 4.78 is 0. The number of nitrogens with one attached hydrogen (secondary N) is 3. The fraction of sp³-hybridized carbons (Fsp3) is 0.686. The van der Waals surface area contributed by atoms with Crippen molar-refractivity contribution in [3.63, 3.8) is 0 Å². The lowest BCUT2D eigenvalue weighted by Crippen LogP contribution is -2.63. The maximum absolute atomic E-state index is 14.4. The fourth-order valence-electron chi connectivity index (χ4n) is 7.96. The lowest BCUT2D eigenvalue weighted by Gasteiger charge is -2.41. The second-order valence-corrected chi connectivity index (χ2v) is 15.9. The highest BCUT2D eigenvalue weighted by molar-refractivity contribution is 6.37. The van der Waals surface area contributed by atoms with Gasteiger partial charge in [-0.1, -0.05) is 78.9 Å². The van der Waals surface area contributed by atoms with Gasteiger partial charge >= 0.3 is 6.03 Å². The number of piperidine rings is 1. The minimum atomic E-state index is -1.08. The monoisotopic (exact) mass is 637 g/mol. The van der Waals surface area contributed by atoms with Crippen LogP contribution in [0.2, 0.25) is 0 Å². The summed E-state index contributed by atoms with van der Waals surface area (Å²) in [5, 5.41) is 18.8. The summed E-state index contributed by atoms with van der Waals surface area (Å²) >= 11 is 0. The normalized spacial score (nSPS) is 25.8. The van der Waals surface area contributed by atoms with Crippen molar-refractivity contribution in [1.82, 2.24) is 20.9 Å². The standard InChI is InChI=1S/C35H51N5O6/c1-33(2,3)28(38-32(46)39-35(15-7-6-8-16-35)18-21-11-13-22(41)14-12-21)31(45)40-19-23-25(34(23,4)5)26(40)30(44)37-24(17-20-9-10-20)27(42)29(36)43/h11-14,20,23-26,28,41H,6-10,15-19H2,1-5H3,(H2,36,43)(H,37,44)(H2,38,39,46)/t23-,24?,25-,26-,28+/m0/s1. The number of nitrogens with two attached hydrogens (primary N) is 1. The second-order valence-electron chi connectivity index (χ2n) is 15.9. The second kappa shape index (κ2) is 12.5. The van der Waals surface area contributed by atoms with Crippen LogP contribution in [0.5, 0.6) is 5.75 Å². The first kappa shape index (κ1) is 33.7. The third kappa shape index (κ3) is 7.18. The van der Waals surface area contributed by atoms with Crippen molar-refractivity contribution < 1.29 is 29.1 Å². The summed E-state index contributed by atoms with van der Waals surface area (Å²) in [4.78, 5) is 68.0. The van der Waals surface area contributed by atoms with Crippen LogP contribution in [0.4, 0.5) is 4.79 Å². The molecule has 46 heavy (non-hydrogen) atoms. The van der Waals surface area contributed by atoms with Crippen LogP contribution >= 0.6 is 0 Å². The Morgan fingerprint density at radius 1 is 1.00 bits per heavy atom. The number of amides is 5. The Morgan fingerprint density at radius 2 is 1.63 bits per heavy atom. The summed E-state index contributed by atoms with van der Waals surface area (Å²) in [7, 11) is 0. The van der Waals surface area contributed by atoms with E-state index in [0.717, 1.165) is 50.5 Å². The molecule has 6 N–H and O–H groups in total. The smallest absolute Gasteiger partial charge is 0.315 e. The number of nitrogens with zero attached hydrogens (tertiary/aromatic N) is 1. The summed E-state index contributed by atoms with van der Waals surface area (Å²) in [5.41, 5.74) is 4.99. The number of ketones is 1. The highest BCUT2D eigenvalue weighted by Gasteiger charge is 2.70. The molecular weight excluding hydrogens is 586 g/mol. The quantitative estimate of drug-likeness (QED) is 0.233. The molecule has 3 aliphatic carbocycles. The minimum absolute atomic E-state index is 0.103. The van der Waals surface area contributed by atoms with Crippen molar-refractivity contribution in [1.29, 1.82) is 0 Å². The number of phenolic OH excluding ortho intramolecular Hbond substituents is 1. The zero-order valence-electron chi connectivity index (χ0n) is 27.9. The van der Waals surface area contributed by atoms with E-state index in [0.29, 0.717) is 19.4 Å². The molecule has 0 spiro atoms. The molecular formula is C35H51N5O6.